The zero-order valence-corrected chi connectivity index (χ0v) is 13.5. The minimum absolute atomic E-state index is 0.274. The van der Waals surface area contributed by atoms with Gasteiger partial charge in [0.05, 0.1) is 18.3 Å². The smallest absolute Gasteiger partial charge is 0.0687 e. The minimum Gasteiger partial charge on any atom is -0.383 e. The summed E-state index contributed by atoms with van der Waals surface area (Å²) in [7, 11) is 1.80. The zero-order chi connectivity index (χ0) is 14.3. The molecule has 0 amide bonds. The third kappa shape index (κ3) is 4.71. The van der Waals surface area contributed by atoms with E-state index in [4.69, 9.17) is 9.47 Å². The van der Waals surface area contributed by atoms with Crippen molar-refractivity contribution in [1.29, 1.82) is 0 Å². The van der Waals surface area contributed by atoms with Gasteiger partial charge in [-0.3, -0.25) is 0 Å². The summed E-state index contributed by atoms with van der Waals surface area (Å²) in [6, 6.07) is 0.492. The minimum atomic E-state index is 0.274. The summed E-state index contributed by atoms with van der Waals surface area (Å²) in [6.45, 7) is 4.12. The van der Waals surface area contributed by atoms with E-state index in [0.717, 1.165) is 13.2 Å². The van der Waals surface area contributed by atoms with Crippen LogP contribution in [0, 0.1) is 0 Å². The number of rotatable bonds is 8. The summed E-state index contributed by atoms with van der Waals surface area (Å²) < 4.78 is 11.8. The van der Waals surface area contributed by atoms with E-state index >= 15 is 0 Å². The molecule has 0 aromatic heterocycles. The highest BCUT2D eigenvalue weighted by atomic mass is 16.5. The fourth-order valence-corrected chi connectivity index (χ4v) is 3.84. The Bertz CT molecular complexity index is 264. The first-order chi connectivity index (χ1) is 9.78. The van der Waals surface area contributed by atoms with Crippen molar-refractivity contribution < 1.29 is 9.47 Å². The highest BCUT2D eigenvalue weighted by Crippen LogP contribution is 2.42. The van der Waals surface area contributed by atoms with E-state index in [9.17, 15) is 0 Å². The van der Waals surface area contributed by atoms with Crippen LogP contribution in [0.3, 0.4) is 0 Å². The number of ether oxygens (including phenoxy) is 2. The first-order valence-corrected chi connectivity index (χ1v) is 8.68. The Hall–Kier alpha value is -0.120. The molecule has 1 N–H and O–H groups in total. The second kappa shape index (κ2) is 8.35. The largest absolute Gasteiger partial charge is 0.383 e. The van der Waals surface area contributed by atoms with Crippen LogP contribution in [0.25, 0.3) is 0 Å². The second-order valence-electron chi connectivity index (χ2n) is 6.71. The van der Waals surface area contributed by atoms with Crippen LogP contribution in [0.2, 0.25) is 0 Å². The molecule has 0 aromatic carbocycles. The molecule has 0 bridgehead atoms. The van der Waals surface area contributed by atoms with Crippen LogP contribution in [0.15, 0.2) is 0 Å². The third-order valence-corrected chi connectivity index (χ3v) is 4.99. The van der Waals surface area contributed by atoms with E-state index < -0.39 is 0 Å². The van der Waals surface area contributed by atoms with Gasteiger partial charge >= 0.3 is 0 Å². The van der Waals surface area contributed by atoms with Gasteiger partial charge in [-0.05, 0) is 51.5 Å². The molecule has 1 aliphatic heterocycles. The first kappa shape index (κ1) is 16.3. The molecule has 1 saturated carbocycles. The number of hydrogen-bond donors (Lipinski definition) is 1. The molecule has 1 saturated heterocycles. The van der Waals surface area contributed by atoms with Gasteiger partial charge < -0.3 is 14.8 Å². The molecule has 0 aromatic rings. The van der Waals surface area contributed by atoms with Crippen molar-refractivity contribution in [2.45, 2.75) is 88.9 Å². The van der Waals surface area contributed by atoms with Crippen molar-refractivity contribution in [3.05, 3.63) is 0 Å². The Labute approximate surface area is 124 Å². The molecular formula is C17H33NO2. The Balaban J connectivity index is 1.70. The summed E-state index contributed by atoms with van der Waals surface area (Å²) in [6.07, 6.45) is 13.4. The molecule has 3 heteroatoms. The van der Waals surface area contributed by atoms with Crippen LogP contribution in [0.1, 0.15) is 71.1 Å². The lowest BCUT2D eigenvalue weighted by Gasteiger charge is -2.33. The maximum absolute atomic E-state index is 6.45. The maximum atomic E-state index is 6.45. The van der Waals surface area contributed by atoms with Crippen molar-refractivity contribution in [1.82, 2.24) is 5.32 Å². The number of hydrogen-bond acceptors (Lipinski definition) is 3. The van der Waals surface area contributed by atoms with Crippen molar-refractivity contribution in [3.63, 3.8) is 0 Å². The lowest BCUT2D eigenvalue weighted by atomic mass is 9.83. The lowest BCUT2D eigenvalue weighted by Crippen LogP contribution is -2.35. The van der Waals surface area contributed by atoms with Gasteiger partial charge in [0, 0.05) is 13.2 Å². The van der Waals surface area contributed by atoms with Crippen LogP contribution in [0.4, 0.5) is 0 Å². The average molecular weight is 283 g/mol. The second-order valence-corrected chi connectivity index (χ2v) is 6.71. The normalized spacial score (nSPS) is 27.0. The van der Waals surface area contributed by atoms with Crippen LogP contribution >= 0.6 is 0 Å². The van der Waals surface area contributed by atoms with Crippen molar-refractivity contribution in [2.24, 2.45) is 0 Å². The molecular weight excluding hydrogens is 250 g/mol. The van der Waals surface area contributed by atoms with Crippen LogP contribution < -0.4 is 5.32 Å². The molecule has 2 rings (SSSR count). The molecule has 20 heavy (non-hydrogen) atoms. The molecule has 2 fully saturated rings. The molecule has 3 nitrogen and oxygen atoms in total. The summed E-state index contributed by atoms with van der Waals surface area (Å²) >= 11 is 0. The Kier molecular flexibility index (Phi) is 6.79. The van der Waals surface area contributed by atoms with E-state index in [1.807, 2.05) is 0 Å². The van der Waals surface area contributed by atoms with Crippen LogP contribution in [0.5, 0.6) is 0 Å². The molecule has 1 spiro atoms. The molecule has 2 unspecified atom stereocenters. The fourth-order valence-electron chi connectivity index (χ4n) is 3.84. The van der Waals surface area contributed by atoms with E-state index in [2.05, 4.69) is 12.2 Å². The molecule has 1 heterocycles. The first-order valence-electron chi connectivity index (χ1n) is 8.68. The van der Waals surface area contributed by atoms with Crippen molar-refractivity contribution >= 4 is 0 Å². The Morgan fingerprint density at radius 2 is 2.05 bits per heavy atom. The number of methoxy groups -OCH3 is 1. The highest BCUT2D eigenvalue weighted by Gasteiger charge is 2.40. The van der Waals surface area contributed by atoms with Gasteiger partial charge in [-0.2, -0.15) is 0 Å². The van der Waals surface area contributed by atoms with Gasteiger partial charge in [-0.15, -0.1) is 0 Å². The SMILES string of the molecule is CCCNC(CCC1CCC2(CCCCC2)O1)COC. The van der Waals surface area contributed by atoms with Gasteiger partial charge in [0.15, 0.2) is 0 Å². The van der Waals surface area contributed by atoms with Crippen LogP contribution in [-0.2, 0) is 9.47 Å². The molecule has 0 radical (unpaired) electrons. The molecule has 2 aliphatic rings. The van der Waals surface area contributed by atoms with E-state index in [1.165, 1.54) is 64.2 Å². The van der Waals surface area contributed by atoms with E-state index in [-0.39, 0.29) is 5.60 Å². The highest BCUT2D eigenvalue weighted by molar-refractivity contribution is 4.91. The quantitative estimate of drug-likeness (QED) is 0.737. The average Bonchev–Trinajstić information content (AvgIpc) is 2.85. The van der Waals surface area contributed by atoms with E-state index in [1.54, 1.807) is 7.11 Å². The summed E-state index contributed by atoms with van der Waals surface area (Å²) in [5, 5.41) is 3.58. The topological polar surface area (TPSA) is 30.5 Å². The van der Waals surface area contributed by atoms with Gasteiger partial charge in [0.1, 0.15) is 0 Å². The van der Waals surface area contributed by atoms with E-state index in [0.29, 0.717) is 12.1 Å². The zero-order valence-electron chi connectivity index (χ0n) is 13.5. The van der Waals surface area contributed by atoms with Crippen LogP contribution in [-0.4, -0.2) is 38.0 Å². The fraction of sp³-hybridized carbons (Fsp3) is 1.00. The van der Waals surface area contributed by atoms with Crippen molar-refractivity contribution in [3.8, 4) is 0 Å². The Morgan fingerprint density at radius 1 is 1.25 bits per heavy atom. The lowest BCUT2D eigenvalue weighted by molar-refractivity contribution is -0.0669. The summed E-state index contributed by atoms with van der Waals surface area (Å²) in [4.78, 5) is 0. The summed E-state index contributed by atoms with van der Waals surface area (Å²) in [5.41, 5.74) is 0.274. The van der Waals surface area contributed by atoms with Gasteiger partial charge in [-0.1, -0.05) is 26.2 Å². The van der Waals surface area contributed by atoms with Gasteiger partial charge in [0.25, 0.3) is 0 Å². The Morgan fingerprint density at radius 3 is 2.75 bits per heavy atom. The standard InChI is InChI=1S/C17H33NO2/c1-3-13-18-15(14-19-2)7-8-16-9-12-17(20-16)10-5-4-6-11-17/h15-16,18H,3-14H2,1-2H3. The molecule has 118 valence electrons. The van der Waals surface area contributed by atoms with Gasteiger partial charge in [-0.25, -0.2) is 0 Å². The molecule has 2 atom stereocenters. The third-order valence-electron chi connectivity index (χ3n) is 4.99. The monoisotopic (exact) mass is 283 g/mol. The predicted octanol–water partition coefficient (Wildman–Crippen LogP) is 3.66. The van der Waals surface area contributed by atoms with Gasteiger partial charge in [0.2, 0.25) is 0 Å². The summed E-state index contributed by atoms with van der Waals surface area (Å²) in [5.74, 6) is 0. The number of nitrogens with one attached hydrogen (secondary N) is 1. The molecule has 1 aliphatic carbocycles. The maximum Gasteiger partial charge on any atom is 0.0687 e. The van der Waals surface area contributed by atoms with Crippen molar-refractivity contribution in [2.75, 3.05) is 20.3 Å². The predicted molar refractivity (Wildman–Crippen MR) is 83.1 cm³/mol.